The first-order valence-corrected chi connectivity index (χ1v) is 6.60. The number of hydrogen-bond donors (Lipinski definition) is 3. The van der Waals surface area contributed by atoms with Crippen LogP contribution in [0.1, 0.15) is 37.1 Å². The van der Waals surface area contributed by atoms with E-state index in [-0.39, 0.29) is 23.1 Å². The molecular formula is C16H17F2NO2. The number of aromatic hydroxyl groups is 2. The number of phenols is 2. The molecular weight excluding hydrogens is 276 g/mol. The van der Waals surface area contributed by atoms with Gasteiger partial charge in [0.15, 0.2) is 0 Å². The summed E-state index contributed by atoms with van der Waals surface area (Å²) in [7, 11) is 0. The van der Waals surface area contributed by atoms with Crippen molar-refractivity contribution in [2.45, 2.75) is 25.9 Å². The molecule has 2 unspecified atom stereocenters. The molecule has 0 radical (unpaired) electrons. The van der Waals surface area contributed by atoms with Crippen LogP contribution >= 0.6 is 0 Å². The second-order valence-electron chi connectivity index (χ2n) is 5.06. The van der Waals surface area contributed by atoms with Gasteiger partial charge < -0.3 is 15.5 Å². The molecule has 112 valence electrons. The van der Waals surface area contributed by atoms with E-state index in [1.54, 1.807) is 6.92 Å². The topological polar surface area (TPSA) is 52.5 Å². The Morgan fingerprint density at radius 3 is 2.14 bits per heavy atom. The second-order valence-corrected chi connectivity index (χ2v) is 5.06. The summed E-state index contributed by atoms with van der Waals surface area (Å²) in [5, 5.41) is 22.1. The van der Waals surface area contributed by atoms with Gasteiger partial charge in [-0.3, -0.25) is 0 Å². The summed E-state index contributed by atoms with van der Waals surface area (Å²) in [6, 6.07) is 6.86. The highest BCUT2D eigenvalue weighted by molar-refractivity contribution is 5.38. The molecule has 0 saturated carbocycles. The average molecular weight is 293 g/mol. The van der Waals surface area contributed by atoms with Crippen LogP contribution in [0.25, 0.3) is 0 Å². The van der Waals surface area contributed by atoms with Crippen LogP contribution in [0.4, 0.5) is 8.78 Å². The Labute approximate surface area is 121 Å². The standard InChI is InChI=1S/C16H17F2NO2/c1-9(11-5-13(20)8-14(21)6-11)19-10(2)15-7-12(17)3-4-16(15)18/h3-10,19-21H,1-2H3. The Morgan fingerprint density at radius 2 is 1.52 bits per heavy atom. The molecule has 0 fully saturated rings. The predicted molar refractivity (Wildman–Crippen MR) is 76.1 cm³/mol. The van der Waals surface area contributed by atoms with Gasteiger partial charge >= 0.3 is 0 Å². The summed E-state index contributed by atoms with van der Waals surface area (Å²) in [5.74, 6) is -1.09. The molecule has 3 N–H and O–H groups in total. The van der Waals surface area contributed by atoms with Gasteiger partial charge in [0.2, 0.25) is 0 Å². The molecule has 0 aliphatic heterocycles. The normalized spacial score (nSPS) is 13.9. The van der Waals surface area contributed by atoms with Crippen LogP contribution in [0.5, 0.6) is 11.5 Å². The lowest BCUT2D eigenvalue weighted by atomic mass is 10.0. The van der Waals surface area contributed by atoms with E-state index in [4.69, 9.17) is 0 Å². The molecule has 0 saturated heterocycles. The Balaban J connectivity index is 2.18. The molecule has 2 rings (SSSR count). The van der Waals surface area contributed by atoms with Gasteiger partial charge in [-0.25, -0.2) is 8.78 Å². The third-order valence-electron chi connectivity index (χ3n) is 3.35. The fourth-order valence-corrected chi connectivity index (χ4v) is 2.28. The van der Waals surface area contributed by atoms with E-state index in [1.807, 2.05) is 6.92 Å². The molecule has 0 spiro atoms. The minimum absolute atomic E-state index is 0.0526. The first kappa shape index (κ1) is 15.3. The van der Waals surface area contributed by atoms with Gasteiger partial charge in [-0.1, -0.05) is 0 Å². The summed E-state index contributed by atoms with van der Waals surface area (Å²) in [4.78, 5) is 0. The highest BCUT2D eigenvalue weighted by Crippen LogP contribution is 2.27. The number of rotatable bonds is 4. The van der Waals surface area contributed by atoms with Gasteiger partial charge in [-0.05, 0) is 49.7 Å². The molecule has 0 aliphatic carbocycles. The molecule has 2 atom stereocenters. The van der Waals surface area contributed by atoms with E-state index < -0.39 is 17.7 Å². The largest absolute Gasteiger partial charge is 0.508 e. The Bertz CT molecular complexity index is 626. The van der Waals surface area contributed by atoms with Crippen molar-refractivity contribution >= 4 is 0 Å². The van der Waals surface area contributed by atoms with Crippen molar-refractivity contribution in [1.82, 2.24) is 5.32 Å². The fourth-order valence-electron chi connectivity index (χ4n) is 2.28. The molecule has 0 amide bonds. The van der Waals surface area contributed by atoms with Crippen LogP contribution in [0, 0.1) is 11.6 Å². The molecule has 0 heterocycles. The summed E-state index contributed by atoms with van der Waals surface area (Å²) in [6.07, 6.45) is 0. The maximum Gasteiger partial charge on any atom is 0.128 e. The van der Waals surface area contributed by atoms with Gasteiger partial charge in [0.25, 0.3) is 0 Å². The van der Waals surface area contributed by atoms with Crippen molar-refractivity contribution in [3.8, 4) is 11.5 Å². The van der Waals surface area contributed by atoms with Gasteiger partial charge in [0.05, 0.1) is 0 Å². The SMILES string of the molecule is CC(NC(C)c1cc(F)ccc1F)c1cc(O)cc(O)c1. The van der Waals surface area contributed by atoms with E-state index in [0.717, 1.165) is 18.2 Å². The monoisotopic (exact) mass is 293 g/mol. The third-order valence-corrected chi connectivity index (χ3v) is 3.35. The number of phenolic OH excluding ortho intramolecular Hbond substituents is 2. The average Bonchev–Trinajstić information content (AvgIpc) is 2.40. The number of halogens is 2. The lowest BCUT2D eigenvalue weighted by Crippen LogP contribution is -2.23. The van der Waals surface area contributed by atoms with Crippen LogP contribution in [0.3, 0.4) is 0 Å². The Morgan fingerprint density at radius 1 is 0.905 bits per heavy atom. The molecule has 5 heteroatoms. The van der Waals surface area contributed by atoms with Crippen LogP contribution in [0.15, 0.2) is 36.4 Å². The Hall–Kier alpha value is -2.14. The van der Waals surface area contributed by atoms with Crippen molar-refractivity contribution in [2.75, 3.05) is 0 Å². The van der Waals surface area contributed by atoms with Crippen LogP contribution in [-0.2, 0) is 0 Å². The number of hydrogen-bond acceptors (Lipinski definition) is 3. The van der Waals surface area contributed by atoms with E-state index in [2.05, 4.69) is 5.32 Å². The van der Waals surface area contributed by atoms with Crippen LogP contribution in [-0.4, -0.2) is 10.2 Å². The maximum atomic E-state index is 13.7. The van der Waals surface area contributed by atoms with E-state index >= 15 is 0 Å². The minimum Gasteiger partial charge on any atom is -0.508 e. The summed E-state index contributed by atoms with van der Waals surface area (Å²) in [5.41, 5.74) is 0.877. The smallest absolute Gasteiger partial charge is 0.128 e. The second kappa shape index (κ2) is 6.10. The highest BCUT2D eigenvalue weighted by Gasteiger charge is 2.16. The van der Waals surface area contributed by atoms with Crippen molar-refractivity contribution < 1.29 is 19.0 Å². The van der Waals surface area contributed by atoms with E-state index in [0.29, 0.717) is 5.56 Å². The third kappa shape index (κ3) is 3.70. The maximum absolute atomic E-state index is 13.7. The van der Waals surface area contributed by atoms with E-state index in [1.165, 1.54) is 18.2 Å². The number of benzene rings is 2. The molecule has 2 aromatic carbocycles. The molecule has 3 nitrogen and oxygen atoms in total. The van der Waals surface area contributed by atoms with E-state index in [9.17, 15) is 19.0 Å². The zero-order valence-electron chi connectivity index (χ0n) is 11.8. The Kier molecular flexibility index (Phi) is 4.43. The van der Waals surface area contributed by atoms with Gasteiger partial charge in [0, 0.05) is 23.7 Å². The number of nitrogens with one attached hydrogen (secondary N) is 1. The van der Waals surface area contributed by atoms with Crippen molar-refractivity contribution in [3.63, 3.8) is 0 Å². The van der Waals surface area contributed by atoms with Gasteiger partial charge in [-0.2, -0.15) is 0 Å². The highest BCUT2D eigenvalue weighted by atomic mass is 19.1. The summed E-state index contributed by atoms with van der Waals surface area (Å²) in [6.45, 7) is 3.53. The fraction of sp³-hybridized carbons (Fsp3) is 0.250. The quantitative estimate of drug-likeness (QED) is 0.804. The summed E-state index contributed by atoms with van der Waals surface area (Å²) < 4.78 is 26.9. The minimum atomic E-state index is -0.497. The molecule has 2 aromatic rings. The van der Waals surface area contributed by atoms with Crippen LogP contribution < -0.4 is 5.32 Å². The zero-order valence-corrected chi connectivity index (χ0v) is 11.8. The first-order chi connectivity index (χ1) is 9.86. The van der Waals surface area contributed by atoms with Crippen molar-refractivity contribution in [1.29, 1.82) is 0 Å². The van der Waals surface area contributed by atoms with Crippen LogP contribution in [0.2, 0.25) is 0 Å². The van der Waals surface area contributed by atoms with Crippen molar-refractivity contribution in [3.05, 3.63) is 59.2 Å². The summed E-state index contributed by atoms with van der Waals surface area (Å²) >= 11 is 0. The molecule has 0 bridgehead atoms. The lowest BCUT2D eigenvalue weighted by molar-refractivity contribution is 0.439. The molecule has 0 aromatic heterocycles. The van der Waals surface area contributed by atoms with Gasteiger partial charge in [-0.15, -0.1) is 0 Å². The van der Waals surface area contributed by atoms with Crippen molar-refractivity contribution in [2.24, 2.45) is 0 Å². The van der Waals surface area contributed by atoms with Gasteiger partial charge in [0.1, 0.15) is 23.1 Å². The lowest BCUT2D eigenvalue weighted by Gasteiger charge is -2.21. The predicted octanol–water partition coefficient (Wildman–Crippen LogP) is 3.79. The first-order valence-electron chi connectivity index (χ1n) is 6.60. The molecule has 0 aliphatic rings. The molecule has 21 heavy (non-hydrogen) atoms. The zero-order chi connectivity index (χ0) is 15.6.